The number of hydrogen-bond donors (Lipinski definition) is 3. The molecule has 6 heteroatoms. The molecule has 6 nitrogen and oxygen atoms in total. The van der Waals surface area contributed by atoms with E-state index in [0.717, 1.165) is 44.9 Å². The Balaban J connectivity index is 3.36. The molecule has 0 aliphatic rings. The van der Waals surface area contributed by atoms with Crippen molar-refractivity contribution in [2.45, 2.75) is 411 Å². The molecule has 0 rings (SSSR count). The highest BCUT2D eigenvalue weighted by molar-refractivity contribution is 5.76. The predicted molar refractivity (Wildman–Crippen MR) is 333 cm³/mol. The number of ether oxygens (including phenoxy) is 1. The number of rotatable bonds is 66. The summed E-state index contributed by atoms with van der Waals surface area (Å²) in [6, 6.07) is -0.541. The minimum absolute atomic E-state index is 0.00630. The van der Waals surface area contributed by atoms with Crippen LogP contribution in [0.5, 0.6) is 0 Å². The molecule has 0 aliphatic heterocycles. The van der Waals surface area contributed by atoms with Gasteiger partial charge in [0.25, 0.3) is 0 Å². The summed E-state index contributed by atoms with van der Waals surface area (Å²) in [6.07, 6.45) is 81.1. The van der Waals surface area contributed by atoms with E-state index < -0.39 is 12.1 Å². The van der Waals surface area contributed by atoms with Gasteiger partial charge < -0.3 is 20.3 Å². The first-order valence-corrected chi connectivity index (χ1v) is 34.9. The zero-order chi connectivity index (χ0) is 55.0. The molecule has 0 aromatic heterocycles. The van der Waals surface area contributed by atoms with Gasteiger partial charge in [-0.05, 0) is 44.9 Å². The van der Waals surface area contributed by atoms with Crippen molar-refractivity contribution in [2.75, 3.05) is 13.2 Å². The fourth-order valence-corrected chi connectivity index (χ4v) is 11.2. The van der Waals surface area contributed by atoms with Crippen LogP contribution in [-0.2, 0) is 14.3 Å². The van der Waals surface area contributed by atoms with Gasteiger partial charge >= 0.3 is 5.97 Å². The molecule has 2 atom stereocenters. The Kier molecular flexibility index (Phi) is 64.9. The lowest BCUT2D eigenvalue weighted by atomic mass is 10.0. The van der Waals surface area contributed by atoms with Crippen molar-refractivity contribution in [3.8, 4) is 0 Å². The minimum Gasteiger partial charge on any atom is -0.466 e. The van der Waals surface area contributed by atoms with E-state index in [1.807, 2.05) is 0 Å². The summed E-state index contributed by atoms with van der Waals surface area (Å²) in [4.78, 5) is 24.6. The van der Waals surface area contributed by atoms with Crippen molar-refractivity contribution < 1.29 is 24.5 Å². The van der Waals surface area contributed by atoms with Crippen LogP contribution in [0.2, 0.25) is 0 Å². The van der Waals surface area contributed by atoms with Crippen molar-refractivity contribution >= 4 is 11.9 Å². The van der Waals surface area contributed by atoms with Crippen LogP contribution in [0.15, 0.2) is 12.2 Å². The Morgan fingerprint density at radius 2 is 0.632 bits per heavy atom. The number of carbonyl (C=O) groups excluding carboxylic acids is 2. The second-order valence-electron chi connectivity index (χ2n) is 24.2. The van der Waals surface area contributed by atoms with Crippen LogP contribution in [0.3, 0.4) is 0 Å². The Morgan fingerprint density at radius 1 is 0.355 bits per heavy atom. The van der Waals surface area contributed by atoms with Gasteiger partial charge in [-0.25, -0.2) is 0 Å². The number of amides is 1. The van der Waals surface area contributed by atoms with Crippen LogP contribution < -0.4 is 5.32 Å². The topological polar surface area (TPSA) is 95.9 Å². The fourth-order valence-electron chi connectivity index (χ4n) is 11.2. The fraction of sp³-hybridized carbons (Fsp3) is 0.943. The Hall–Kier alpha value is -1.40. The number of carbonyl (C=O) groups is 2. The van der Waals surface area contributed by atoms with Crippen LogP contribution in [0.1, 0.15) is 399 Å². The lowest BCUT2D eigenvalue weighted by molar-refractivity contribution is -0.143. The SMILES string of the molecule is CCCC/C=C\CCCCCCCC(=O)OCCCCCCCCCCCCCCCCCCCCCCCCCCCC(=O)NC(CO)C(O)CCCCCCCCCCCCCCCCCCCCCCCCC. The summed E-state index contributed by atoms with van der Waals surface area (Å²) in [7, 11) is 0. The van der Waals surface area contributed by atoms with Gasteiger partial charge in [-0.2, -0.15) is 0 Å². The van der Waals surface area contributed by atoms with E-state index in [9.17, 15) is 19.8 Å². The first-order chi connectivity index (χ1) is 37.5. The number of esters is 1. The molecule has 1 amide bonds. The number of allylic oxidation sites excluding steroid dienone is 2. The summed E-state index contributed by atoms with van der Waals surface area (Å²) >= 11 is 0. The molecule has 76 heavy (non-hydrogen) atoms. The van der Waals surface area contributed by atoms with Gasteiger partial charge in [-0.3, -0.25) is 9.59 Å². The van der Waals surface area contributed by atoms with E-state index in [2.05, 4.69) is 31.3 Å². The molecule has 0 heterocycles. The van der Waals surface area contributed by atoms with Gasteiger partial charge in [-0.15, -0.1) is 0 Å². The zero-order valence-corrected chi connectivity index (χ0v) is 51.8. The van der Waals surface area contributed by atoms with Crippen LogP contribution in [-0.4, -0.2) is 47.4 Å². The summed E-state index contributed by atoms with van der Waals surface area (Å²) in [5.41, 5.74) is 0. The van der Waals surface area contributed by atoms with Crippen molar-refractivity contribution in [3.63, 3.8) is 0 Å². The van der Waals surface area contributed by atoms with Crippen LogP contribution in [0.25, 0.3) is 0 Å². The van der Waals surface area contributed by atoms with E-state index in [4.69, 9.17) is 4.74 Å². The monoisotopic (exact) mass is 1070 g/mol. The van der Waals surface area contributed by atoms with Crippen molar-refractivity contribution in [3.05, 3.63) is 12.2 Å². The third-order valence-corrected chi connectivity index (χ3v) is 16.6. The molecule has 0 saturated heterocycles. The van der Waals surface area contributed by atoms with Crippen LogP contribution >= 0.6 is 0 Å². The molecule has 2 unspecified atom stereocenters. The molecule has 452 valence electrons. The number of hydrogen-bond acceptors (Lipinski definition) is 5. The molecule has 0 radical (unpaired) electrons. The molecule has 0 bridgehead atoms. The summed E-state index contributed by atoms with van der Waals surface area (Å²) in [5, 5.41) is 23.4. The highest BCUT2D eigenvalue weighted by Gasteiger charge is 2.20. The van der Waals surface area contributed by atoms with Gasteiger partial charge in [0.15, 0.2) is 0 Å². The molecule has 3 N–H and O–H groups in total. The largest absolute Gasteiger partial charge is 0.466 e. The van der Waals surface area contributed by atoms with Crippen LogP contribution in [0.4, 0.5) is 0 Å². The maximum absolute atomic E-state index is 12.6. The highest BCUT2D eigenvalue weighted by atomic mass is 16.5. The third kappa shape index (κ3) is 61.8. The maximum atomic E-state index is 12.6. The van der Waals surface area contributed by atoms with Gasteiger partial charge in [0.05, 0.1) is 25.4 Å². The van der Waals surface area contributed by atoms with E-state index in [1.54, 1.807) is 0 Å². The van der Waals surface area contributed by atoms with Gasteiger partial charge in [0, 0.05) is 12.8 Å². The van der Waals surface area contributed by atoms with Crippen molar-refractivity contribution in [1.29, 1.82) is 0 Å². The molecule has 0 aliphatic carbocycles. The predicted octanol–water partition coefficient (Wildman–Crippen LogP) is 22.4. The second kappa shape index (κ2) is 66.1. The minimum atomic E-state index is -0.664. The molecular weight excluding hydrogens is 935 g/mol. The number of unbranched alkanes of at least 4 members (excludes halogenated alkanes) is 53. The Morgan fingerprint density at radius 3 is 0.974 bits per heavy atom. The van der Waals surface area contributed by atoms with E-state index in [1.165, 1.54) is 321 Å². The average molecular weight is 1070 g/mol. The first-order valence-electron chi connectivity index (χ1n) is 34.9. The lowest BCUT2D eigenvalue weighted by Gasteiger charge is -2.22. The number of aliphatic hydroxyl groups excluding tert-OH is 2. The number of nitrogens with one attached hydrogen (secondary N) is 1. The van der Waals surface area contributed by atoms with Gasteiger partial charge in [0.1, 0.15) is 0 Å². The summed E-state index contributed by atoms with van der Waals surface area (Å²) < 4.78 is 5.47. The first kappa shape index (κ1) is 74.6. The number of aliphatic hydroxyl groups is 2. The van der Waals surface area contributed by atoms with Crippen LogP contribution in [0, 0.1) is 0 Å². The summed E-state index contributed by atoms with van der Waals surface area (Å²) in [6.45, 7) is 4.96. The van der Waals surface area contributed by atoms with Crippen molar-refractivity contribution in [2.24, 2.45) is 0 Å². The smallest absolute Gasteiger partial charge is 0.305 e. The Bertz CT molecular complexity index is 1140. The quantitative estimate of drug-likeness (QED) is 0.0320. The molecule has 0 fully saturated rings. The van der Waals surface area contributed by atoms with Crippen molar-refractivity contribution in [1.82, 2.24) is 5.32 Å². The molecular formula is C70H137NO5. The third-order valence-electron chi connectivity index (χ3n) is 16.6. The average Bonchev–Trinajstić information content (AvgIpc) is 3.42. The second-order valence-corrected chi connectivity index (χ2v) is 24.2. The highest BCUT2D eigenvalue weighted by Crippen LogP contribution is 2.19. The van der Waals surface area contributed by atoms with E-state index >= 15 is 0 Å². The normalized spacial score (nSPS) is 12.5. The zero-order valence-electron chi connectivity index (χ0n) is 51.8. The summed E-state index contributed by atoms with van der Waals surface area (Å²) in [5.74, 6) is -0.0218. The molecule has 0 aromatic rings. The molecule has 0 saturated carbocycles. The molecule has 0 spiro atoms. The van der Waals surface area contributed by atoms with E-state index in [-0.39, 0.29) is 18.5 Å². The van der Waals surface area contributed by atoms with Gasteiger partial charge in [-0.1, -0.05) is 353 Å². The molecule has 0 aromatic carbocycles. The lowest BCUT2D eigenvalue weighted by Crippen LogP contribution is -2.45. The standard InChI is InChI=1S/C70H137NO5/c1-3-5-7-9-11-13-15-16-17-18-19-20-24-27-30-33-36-39-43-46-50-54-58-62-68(73)67(66-72)71-69(74)63-59-55-51-47-44-40-37-34-31-28-25-22-21-23-26-29-32-35-38-41-45-49-53-57-61-65-76-70(75)64-60-56-52-48-42-14-12-10-8-6-4-2/h10,12,67-68,72-73H,3-9,11,13-66H2,1-2H3,(H,71,74)/b12-10-. The Labute approximate surface area is 476 Å². The van der Waals surface area contributed by atoms with E-state index in [0.29, 0.717) is 25.9 Å². The maximum Gasteiger partial charge on any atom is 0.305 e. The van der Waals surface area contributed by atoms with Gasteiger partial charge in [0.2, 0.25) is 5.91 Å².